The summed E-state index contributed by atoms with van der Waals surface area (Å²) in [5, 5.41) is 0.777. The number of fused-ring (bicyclic) bond motifs is 1. The number of hydrogen-bond donors (Lipinski definition) is 2. The first-order chi connectivity index (χ1) is 14.8. The molecule has 8 nitrogen and oxygen atoms in total. The maximum absolute atomic E-state index is 13.0. The topological polar surface area (TPSA) is 106 Å². The SMILES string of the molecule is COc1nc(NS(=O)(=O)c2c[nH]c3c(OC4CC4)c(Cl)ccc23)ncc1CCC(F)F. The van der Waals surface area contributed by atoms with Crippen molar-refractivity contribution in [3.05, 3.63) is 35.1 Å². The number of anilines is 1. The smallest absolute Gasteiger partial charge is 0.266 e. The normalized spacial score (nSPS) is 14.2. The first kappa shape index (κ1) is 21.6. The lowest BCUT2D eigenvalue weighted by Gasteiger charge is -2.11. The van der Waals surface area contributed by atoms with Crippen LogP contribution in [0.1, 0.15) is 24.8 Å². The number of alkyl halides is 2. The van der Waals surface area contributed by atoms with Crippen molar-refractivity contribution in [3.63, 3.8) is 0 Å². The molecular weight excluding hydrogens is 454 g/mol. The average molecular weight is 473 g/mol. The Balaban J connectivity index is 1.62. The van der Waals surface area contributed by atoms with E-state index in [1.165, 1.54) is 19.5 Å². The molecular formula is C19H19ClF2N4O4S. The molecule has 0 amide bonds. The summed E-state index contributed by atoms with van der Waals surface area (Å²) in [7, 11) is -2.77. The van der Waals surface area contributed by atoms with Crippen molar-refractivity contribution in [3.8, 4) is 11.6 Å². The molecule has 0 saturated heterocycles. The van der Waals surface area contributed by atoms with Crippen molar-refractivity contribution in [1.29, 1.82) is 0 Å². The van der Waals surface area contributed by atoms with Gasteiger partial charge in [0.2, 0.25) is 18.3 Å². The highest BCUT2D eigenvalue weighted by Crippen LogP contribution is 2.39. The zero-order chi connectivity index (χ0) is 22.2. The van der Waals surface area contributed by atoms with Crippen LogP contribution in [-0.2, 0) is 16.4 Å². The number of aryl methyl sites for hydroxylation is 1. The Kier molecular flexibility index (Phi) is 5.89. The molecule has 1 aromatic carbocycles. The number of rotatable bonds is 9. The van der Waals surface area contributed by atoms with Gasteiger partial charge in [0.1, 0.15) is 4.90 Å². The van der Waals surface area contributed by atoms with Crippen molar-refractivity contribution in [2.75, 3.05) is 11.8 Å². The highest BCUT2D eigenvalue weighted by Gasteiger charge is 2.28. The number of hydrogen-bond acceptors (Lipinski definition) is 6. The Bertz CT molecular complexity index is 1220. The minimum atomic E-state index is -4.08. The molecule has 0 spiro atoms. The summed E-state index contributed by atoms with van der Waals surface area (Å²) in [5.41, 5.74) is 0.829. The molecule has 1 aliphatic rings. The van der Waals surface area contributed by atoms with Crippen molar-refractivity contribution in [1.82, 2.24) is 15.0 Å². The van der Waals surface area contributed by atoms with Crippen molar-refractivity contribution in [2.45, 2.75) is 43.1 Å². The Labute approximate surface area is 182 Å². The average Bonchev–Trinajstić information content (AvgIpc) is 3.43. The molecule has 2 heterocycles. The minimum Gasteiger partial charge on any atom is -0.487 e. The zero-order valence-corrected chi connectivity index (χ0v) is 17.9. The summed E-state index contributed by atoms with van der Waals surface area (Å²) in [4.78, 5) is 10.8. The van der Waals surface area contributed by atoms with Crippen molar-refractivity contribution in [2.24, 2.45) is 0 Å². The van der Waals surface area contributed by atoms with Crippen LogP contribution in [0.4, 0.5) is 14.7 Å². The van der Waals surface area contributed by atoms with Crippen LogP contribution >= 0.6 is 11.6 Å². The van der Waals surface area contributed by atoms with Crippen LogP contribution in [0, 0.1) is 0 Å². The summed E-state index contributed by atoms with van der Waals surface area (Å²) in [6.45, 7) is 0. The first-order valence-corrected chi connectivity index (χ1v) is 11.3. The van der Waals surface area contributed by atoms with E-state index in [4.69, 9.17) is 21.1 Å². The van der Waals surface area contributed by atoms with Gasteiger partial charge in [-0.2, -0.15) is 4.98 Å². The second-order valence-corrected chi connectivity index (χ2v) is 9.09. The van der Waals surface area contributed by atoms with Gasteiger partial charge in [0.15, 0.2) is 5.75 Å². The summed E-state index contributed by atoms with van der Waals surface area (Å²) in [6.07, 6.45) is 1.66. The number of sulfonamides is 1. The lowest BCUT2D eigenvalue weighted by molar-refractivity contribution is 0.137. The molecule has 0 aliphatic heterocycles. The fourth-order valence-corrected chi connectivity index (χ4v) is 4.36. The van der Waals surface area contributed by atoms with Gasteiger partial charge in [0.05, 0.1) is 23.8 Å². The molecule has 4 rings (SSSR count). The van der Waals surface area contributed by atoms with E-state index in [1.807, 2.05) is 0 Å². The van der Waals surface area contributed by atoms with Crippen LogP contribution in [0.25, 0.3) is 10.9 Å². The van der Waals surface area contributed by atoms with E-state index in [0.717, 1.165) is 12.8 Å². The van der Waals surface area contributed by atoms with Gasteiger partial charge in [-0.05, 0) is 31.4 Å². The number of nitrogens with zero attached hydrogens (tertiary/aromatic N) is 2. The van der Waals surface area contributed by atoms with Gasteiger partial charge in [0, 0.05) is 29.8 Å². The highest BCUT2D eigenvalue weighted by atomic mass is 35.5. The third-order valence-electron chi connectivity index (χ3n) is 4.70. The van der Waals surface area contributed by atoms with Gasteiger partial charge in [-0.3, -0.25) is 0 Å². The molecule has 31 heavy (non-hydrogen) atoms. The molecule has 2 N–H and O–H groups in total. The van der Waals surface area contributed by atoms with E-state index < -0.39 is 16.4 Å². The van der Waals surface area contributed by atoms with Crippen LogP contribution in [0.15, 0.2) is 29.4 Å². The molecule has 1 fully saturated rings. The fourth-order valence-electron chi connectivity index (χ4n) is 3.04. The van der Waals surface area contributed by atoms with Crippen LogP contribution in [0.5, 0.6) is 11.6 Å². The van der Waals surface area contributed by atoms with E-state index >= 15 is 0 Å². The summed E-state index contributed by atoms with van der Waals surface area (Å²) in [6, 6.07) is 3.16. The number of aromatic amines is 1. The molecule has 0 atom stereocenters. The lowest BCUT2D eigenvalue weighted by Crippen LogP contribution is -2.15. The zero-order valence-electron chi connectivity index (χ0n) is 16.4. The molecule has 2 aromatic heterocycles. The Morgan fingerprint density at radius 1 is 1.35 bits per heavy atom. The quantitative estimate of drug-likeness (QED) is 0.484. The van der Waals surface area contributed by atoms with E-state index in [9.17, 15) is 17.2 Å². The molecule has 0 unspecified atom stereocenters. The number of nitrogens with one attached hydrogen (secondary N) is 2. The van der Waals surface area contributed by atoms with Gasteiger partial charge < -0.3 is 14.5 Å². The maximum Gasteiger partial charge on any atom is 0.266 e. The lowest BCUT2D eigenvalue weighted by atomic mass is 10.2. The van der Waals surface area contributed by atoms with Crippen molar-refractivity contribution < 1.29 is 26.7 Å². The Hall–Kier alpha value is -2.66. The Morgan fingerprint density at radius 2 is 2.13 bits per heavy atom. The number of benzene rings is 1. The monoisotopic (exact) mass is 472 g/mol. The highest BCUT2D eigenvalue weighted by molar-refractivity contribution is 7.93. The predicted molar refractivity (Wildman–Crippen MR) is 111 cm³/mol. The van der Waals surface area contributed by atoms with E-state index in [1.54, 1.807) is 12.1 Å². The van der Waals surface area contributed by atoms with E-state index in [-0.39, 0.29) is 35.7 Å². The van der Waals surface area contributed by atoms with Gasteiger partial charge in [-0.15, -0.1) is 0 Å². The molecule has 166 valence electrons. The largest absolute Gasteiger partial charge is 0.487 e. The van der Waals surface area contributed by atoms with Gasteiger partial charge in [0.25, 0.3) is 10.0 Å². The number of halogens is 3. The first-order valence-electron chi connectivity index (χ1n) is 9.45. The van der Waals surface area contributed by atoms with Gasteiger partial charge in [-0.25, -0.2) is 26.9 Å². The van der Waals surface area contributed by atoms with Crippen molar-refractivity contribution >= 4 is 38.5 Å². The summed E-state index contributed by atoms with van der Waals surface area (Å²) in [5.74, 6) is 0.194. The van der Waals surface area contributed by atoms with E-state index in [0.29, 0.717) is 27.2 Å². The minimum absolute atomic E-state index is 0.000842. The molecule has 0 radical (unpaired) electrons. The number of methoxy groups -OCH3 is 1. The standard InChI is InChI=1S/C19H19ClF2N4O4S/c1-29-18-10(2-7-15(21)22)8-24-19(25-18)26-31(27,28)14-9-23-16-12(14)5-6-13(20)17(16)30-11-3-4-11/h5-6,8-9,11,15,23H,2-4,7H2,1H3,(H,24,25,26). The van der Waals surface area contributed by atoms with Crippen LogP contribution in [-0.4, -0.2) is 43.0 Å². The second kappa shape index (κ2) is 8.46. The molecule has 0 bridgehead atoms. The second-order valence-electron chi connectivity index (χ2n) is 7.03. The molecule has 12 heteroatoms. The molecule has 3 aromatic rings. The van der Waals surface area contributed by atoms with Crippen LogP contribution in [0.2, 0.25) is 5.02 Å². The summed E-state index contributed by atoms with van der Waals surface area (Å²) < 4.78 is 64.1. The number of aromatic nitrogens is 3. The molecule has 1 aliphatic carbocycles. The number of H-pyrrole nitrogens is 1. The third-order valence-corrected chi connectivity index (χ3v) is 6.36. The van der Waals surface area contributed by atoms with Gasteiger partial charge >= 0.3 is 0 Å². The van der Waals surface area contributed by atoms with Crippen LogP contribution in [0.3, 0.4) is 0 Å². The van der Waals surface area contributed by atoms with Gasteiger partial charge in [-0.1, -0.05) is 11.6 Å². The van der Waals surface area contributed by atoms with E-state index in [2.05, 4.69) is 19.7 Å². The maximum atomic E-state index is 13.0. The summed E-state index contributed by atoms with van der Waals surface area (Å²) >= 11 is 6.23. The number of ether oxygens (including phenoxy) is 2. The molecule has 1 saturated carbocycles. The fraction of sp³-hybridized carbons (Fsp3) is 0.368. The van der Waals surface area contributed by atoms with Crippen LogP contribution < -0.4 is 14.2 Å². The predicted octanol–water partition coefficient (Wildman–Crippen LogP) is 4.16. The third kappa shape index (κ3) is 4.67. The Morgan fingerprint density at radius 3 is 2.81 bits per heavy atom.